The van der Waals surface area contributed by atoms with Gasteiger partial charge in [0, 0.05) is 6.42 Å². The molecule has 0 bridgehead atoms. The molecule has 1 rings (SSSR count). The van der Waals surface area contributed by atoms with Crippen molar-refractivity contribution in [2.24, 2.45) is 0 Å². The van der Waals surface area contributed by atoms with Crippen LogP contribution in [0.2, 0.25) is 0 Å². The number of nitrogens with zero attached hydrogens (tertiary/aromatic N) is 1. The van der Waals surface area contributed by atoms with Crippen molar-refractivity contribution in [3.63, 3.8) is 0 Å². The van der Waals surface area contributed by atoms with Crippen molar-refractivity contribution in [2.75, 3.05) is 20.1 Å². The van der Waals surface area contributed by atoms with E-state index < -0.39 is 0 Å². The number of unbranched alkanes of at least 4 members (excludes halogenated alkanes) is 2. The minimum absolute atomic E-state index is 0.181. The third kappa shape index (κ3) is 5.92. The van der Waals surface area contributed by atoms with Crippen LogP contribution in [-0.4, -0.2) is 30.8 Å². The minimum atomic E-state index is -0.261. The van der Waals surface area contributed by atoms with Gasteiger partial charge in [-0.15, -0.1) is 0 Å². The number of halogens is 1. The molecule has 0 N–H and O–H groups in total. The Balaban J connectivity index is 2.30. The van der Waals surface area contributed by atoms with Gasteiger partial charge in [0.1, 0.15) is 5.82 Å². The van der Waals surface area contributed by atoms with Gasteiger partial charge in [-0.1, -0.05) is 31.9 Å². The van der Waals surface area contributed by atoms with E-state index in [0.717, 1.165) is 18.5 Å². The molecule has 0 atom stereocenters. The van der Waals surface area contributed by atoms with Crippen LogP contribution in [0.25, 0.3) is 0 Å². The highest BCUT2D eigenvalue weighted by Crippen LogP contribution is 2.04. The Kier molecular flexibility index (Phi) is 6.58. The zero-order chi connectivity index (χ0) is 13.4. The number of carbonyl (C=O) groups is 1. The third-order valence-corrected chi connectivity index (χ3v) is 2.90. The van der Waals surface area contributed by atoms with Gasteiger partial charge in [0.05, 0.1) is 6.54 Å². The highest BCUT2D eigenvalue weighted by Gasteiger charge is 2.07. The highest BCUT2D eigenvalue weighted by atomic mass is 19.1. The first-order valence-corrected chi connectivity index (χ1v) is 6.56. The van der Waals surface area contributed by atoms with Gasteiger partial charge in [0.15, 0.2) is 5.78 Å². The Morgan fingerprint density at radius 2 is 1.89 bits per heavy atom. The first kappa shape index (κ1) is 14.8. The first-order valence-electron chi connectivity index (χ1n) is 6.56. The molecule has 0 aliphatic carbocycles. The van der Waals surface area contributed by atoms with E-state index in [2.05, 4.69) is 11.8 Å². The Morgan fingerprint density at radius 1 is 1.22 bits per heavy atom. The third-order valence-electron chi connectivity index (χ3n) is 2.90. The predicted octanol–water partition coefficient (Wildman–Crippen LogP) is 3.06. The molecule has 0 aliphatic rings. The zero-order valence-electron chi connectivity index (χ0n) is 11.3. The summed E-state index contributed by atoms with van der Waals surface area (Å²) in [6.07, 6.45) is 3.92. The summed E-state index contributed by atoms with van der Waals surface area (Å²) in [5.74, 6) is -0.0801. The lowest BCUT2D eigenvalue weighted by atomic mass is 10.1. The Labute approximate surface area is 109 Å². The van der Waals surface area contributed by atoms with Crippen LogP contribution >= 0.6 is 0 Å². The molecule has 100 valence electrons. The molecule has 2 nitrogen and oxygen atoms in total. The monoisotopic (exact) mass is 251 g/mol. The molecule has 0 saturated heterocycles. The van der Waals surface area contributed by atoms with E-state index in [1.54, 1.807) is 12.1 Å². The number of Topliss-reactive ketones (excluding diaryl/α,β-unsaturated/α-hetero) is 1. The van der Waals surface area contributed by atoms with Crippen LogP contribution in [0.3, 0.4) is 0 Å². The largest absolute Gasteiger partial charge is 0.299 e. The lowest BCUT2D eigenvalue weighted by Crippen LogP contribution is -2.27. The molecule has 0 aromatic heterocycles. The first-order chi connectivity index (χ1) is 8.61. The van der Waals surface area contributed by atoms with Gasteiger partial charge in [-0.05, 0) is 37.7 Å². The fraction of sp³-hybridized carbons (Fsp3) is 0.533. The maximum Gasteiger partial charge on any atom is 0.151 e. The van der Waals surface area contributed by atoms with Gasteiger partial charge >= 0.3 is 0 Å². The quantitative estimate of drug-likeness (QED) is 0.662. The number of benzene rings is 1. The standard InChI is InChI=1S/C15H22FNO/c1-3-4-5-10-17(2)12-15(18)11-13-6-8-14(16)9-7-13/h6-9H,3-5,10-12H2,1-2H3. The summed E-state index contributed by atoms with van der Waals surface area (Å²) in [4.78, 5) is 13.9. The van der Waals surface area contributed by atoms with Crippen LogP contribution in [0.1, 0.15) is 31.7 Å². The molecule has 0 spiro atoms. The molecule has 0 radical (unpaired) electrons. The summed E-state index contributed by atoms with van der Waals surface area (Å²) in [5.41, 5.74) is 0.878. The van der Waals surface area contributed by atoms with Crippen molar-refractivity contribution in [2.45, 2.75) is 32.6 Å². The second-order valence-electron chi connectivity index (χ2n) is 4.79. The molecule has 0 amide bonds. The van der Waals surface area contributed by atoms with Gasteiger partial charge in [-0.3, -0.25) is 9.69 Å². The summed E-state index contributed by atoms with van der Waals surface area (Å²) in [7, 11) is 1.97. The van der Waals surface area contributed by atoms with Crippen LogP contribution in [0.15, 0.2) is 24.3 Å². The topological polar surface area (TPSA) is 20.3 Å². The van der Waals surface area contributed by atoms with Crippen LogP contribution in [0.5, 0.6) is 0 Å². The molecule has 18 heavy (non-hydrogen) atoms. The van der Waals surface area contributed by atoms with E-state index in [1.807, 2.05) is 7.05 Å². The number of rotatable bonds is 8. The SMILES string of the molecule is CCCCCN(C)CC(=O)Cc1ccc(F)cc1. The number of hydrogen-bond donors (Lipinski definition) is 0. The summed E-state index contributed by atoms with van der Waals surface area (Å²) < 4.78 is 12.7. The van der Waals surface area contributed by atoms with E-state index in [0.29, 0.717) is 13.0 Å². The van der Waals surface area contributed by atoms with E-state index in [1.165, 1.54) is 25.0 Å². The van der Waals surface area contributed by atoms with Gasteiger partial charge < -0.3 is 0 Å². The predicted molar refractivity (Wildman–Crippen MR) is 72.1 cm³/mol. The second kappa shape index (κ2) is 7.98. The van der Waals surface area contributed by atoms with Crippen LogP contribution in [-0.2, 0) is 11.2 Å². The fourth-order valence-electron chi connectivity index (χ4n) is 1.90. The van der Waals surface area contributed by atoms with Gasteiger partial charge in [-0.25, -0.2) is 4.39 Å². The van der Waals surface area contributed by atoms with Crippen LogP contribution in [0, 0.1) is 5.82 Å². The van der Waals surface area contributed by atoms with Crippen molar-refractivity contribution in [1.29, 1.82) is 0 Å². The van der Waals surface area contributed by atoms with Gasteiger partial charge in [0.2, 0.25) is 0 Å². The van der Waals surface area contributed by atoms with E-state index in [9.17, 15) is 9.18 Å². The highest BCUT2D eigenvalue weighted by molar-refractivity contribution is 5.82. The summed E-state index contributed by atoms with van der Waals surface area (Å²) in [6.45, 7) is 3.60. The van der Waals surface area contributed by atoms with Crippen molar-refractivity contribution in [3.05, 3.63) is 35.6 Å². The summed E-state index contributed by atoms with van der Waals surface area (Å²) >= 11 is 0. The average molecular weight is 251 g/mol. The normalized spacial score (nSPS) is 10.9. The van der Waals surface area contributed by atoms with E-state index in [-0.39, 0.29) is 11.6 Å². The fourth-order valence-corrected chi connectivity index (χ4v) is 1.90. The molecule has 0 aliphatic heterocycles. The molecule has 3 heteroatoms. The second-order valence-corrected chi connectivity index (χ2v) is 4.79. The lowest BCUT2D eigenvalue weighted by Gasteiger charge is -2.15. The molecular formula is C15H22FNO. The molecule has 0 fully saturated rings. The Morgan fingerprint density at radius 3 is 2.50 bits per heavy atom. The molecular weight excluding hydrogens is 229 g/mol. The van der Waals surface area contributed by atoms with Crippen molar-refractivity contribution in [1.82, 2.24) is 4.90 Å². The van der Waals surface area contributed by atoms with Gasteiger partial charge in [-0.2, -0.15) is 0 Å². The maximum atomic E-state index is 12.7. The molecule has 0 saturated carbocycles. The van der Waals surface area contributed by atoms with Crippen molar-refractivity contribution >= 4 is 5.78 Å². The van der Waals surface area contributed by atoms with Crippen LogP contribution in [0.4, 0.5) is 4.39 Å². The maximum absolute atomic E-state index is 12.7. The molecule has 1 aromatic carbocycles. The van der Waals surface area contributed by atoms with E-state index in [4.69, 9.17) is 0 Å². The Hall–Kier alpha value is -1.22. The van der Waals surface area contributed by atoms with Crippen molar-refractivity contribution in [3.8, 4) is 0 Å². The minimum Gasteiger partial charge on any atom is -0.299 e. The number of carbonyl (C=O) groups excluding carboxylic acids is 1. The molecule has 0 unspecified atom stereocenters. The lowest BCUT2D eigenvalue weighted by molar-refractivity contribution is -0.119. The average Bonchev–Trinajstić information content (AvgIpc) is 2.32. The number of ketones is 1. The summed E-state index contributed by atoms with van der Waals surface area (Å²) in [5, 5.41) is 0. The summed E-state index contributed by atoms with van der Waals surface area (Å²) in [6, 6.07) is 6.13. The number of likely N-dealkylation sites (N-methyl/N-ethyl adjacent to an activating group) is 1. The van der Waals surface area contributed by atoms with Gasteiger partial charge in [0.25, 0.3) is 0 Å². The van der Waals surface area contributed by atoms with Crippen molar-refractivity contribution < 1.29 is 9.18 Å². The molecule has 1 aromatic rings. The Bertz CT molecular complexity index is 361. The smallest absolute Gasteiger partial charge is 0.151 e. The number of hydrogen-bond acceptors (Lipinski definition) is 2. The molecule has 0 heterocycles. The zero-order valence-corrected chi connectivity index (χ0v) is 11.3. The van der Waals surface area contributed by atoms with Crippen LogP contribution < -0.4 is 0 Å². The van der Waals surface area contributed by atoms with E-state index >= 15 is 0 Å².